The fourth-order valence-corrected chi connectivity index (χ4v) is 3.42. The Hall–Kier alpha value is 0.310. The van der Waals surface area contributed by atoms with Crippen molar-refractivity contribution >= 4 is 11.8 Å². The minimum Gasteiger partial charge on any atom is -0.327 e. The van der Waals surface area contributed by atoms with Crippen molar-refractivity contribution in [1.82, 2.24) is 0 Å². The summed E-state index contributed by atoms with van der Waals surface area (Å²) in [6.07, 6.45) is 5.47. The number of nitrogens with two attached hydrogens (primary N) is 1. The topological polar surface area (TPSA) is 26.0 Å². The third kappa shape index (κ3) is 0.892. The molecule has 1 aliphatic carbocycles. The maximum absolute atomic E-state index is 5.98. The molecule has 10 heavy (non-hydrogen) atoms. The number of rotatable bonds is 0. The number of hydrogen-bond acceptors (Lipinski definition) is 2. The van der Waals surface area contributed by atoms with E-state index in [0.717, 1.165) is 0 Å². The molecule has 2 rings (SSSR count). The summed E-state index contributed by atoms with van der Waals surface area (Å²) >= 11 is 2.09. The molecule has 1 saturated carbocycles. The second-order valence-electron chi connectivity index (χ2n) is 3.62. The molecule has 1 nitrogen and oxygen atoms in total. The van der Waals surface area contributed by atoms with E-state index < -0.39 is 0 Å². The summed E-state index contributed by atoms with van der Waals surface area (Å²) in [6, 6.07) is 0.549. The van der Waals surface area contributed by atoms with Crippen LogP contribution in [0.3, 0.4) is 0 Å². The summed E-state index contributed by atoms with van der Waals surface area (Å²) in [5.74, 6) is 2.71. The third-order valence-electron chi connectivity index (χ3n) is 3.23. The van der Waals surface area contributed by atoms with Crippen molar-refractivity contribution in [1.29, 1.82) is 0 Å². The van der Waals surface area contributed by atoms with Crippen molar-refractivity contribution in [2.75, 3.05) is 11.5 Å². The Bertz CT molecular complexity index is 129. The van der Waals surface area contributed by atoms with Gasteiger partial charge < -0.3 is 5.73 Å². The van der Waals surface area contributed by atoms with Gasteiger partial charge >= 0.3 is 0 Å². The van der Waals surface area contributed by atoms with Crippen LogP contribution >= 0.6 is 11.8 Å². The average molecular weight is 157 g/mol. The van der Waals surface area contributed by atoms with E-state index in [1.165, 1.54) is 37.2 Å². The molecule has 1 aliphatic heterocycles. The first-order valence-electron chi connectivity index (χ1n) is 4.17. The predicted molar refractivity (Wildman–Crippen MR) is 46.2 cm³/mol. The lowest BCUT2D eigenvalue weighted by molar-refractivity contribution is 0.0822. The van der Waals surface area contributed by atoms with Crippen molar-refractivity contribution in [3.63, 3.8) is 0 Å². The Labute approximate surface area is 66.7 Å². The molecule has 2 heteroatoms. The Morgan fingerprint density at radius 1 is 1.20 bits per heavy atom. The molecular weight excluding hydrogens is 142 g/mol. The zero-order valence-electron chi connectivity index (χ0n) is 6.31. The van der Waals surface area contributed by atoms with E-state index in [2.05, 4.69) is 11.8 Å². The second-order valence-corrected chi connectivity index (χ2v) is 4.84. The lowest BCUT2D eigenvalue weighted by atomic mass is 9.61. The lowest BCUT2D eigenvalue weighted by Gasteiger charge is -2.50. The zero-order valence-corrected chi connectivity index (χ0v) is 7.12. The predicted octanol–water partition coefficient (Wildman–Crippen LogP) is 1.62. The van der Waals surface area contributed by atoms with Gasteiger partial charge in [0.15, 0.2) is 0 Å². The quantitative estimate of drug-likeness (QED) is 0.578. The zero-order chi connectivity index (χ0) is 7.03. The van der Waals surface area contributed by atoms with E-state index in [1.807, 2.05) is 0 Å². The Morgan fingerprint density at radius 2 is 1.90 bits per heavy atom. The van der Waals surface area contributed by atoms with Crippen LogP contribution in [0.4, 0.5) is 0 Å². The van der Waals surface area contributed by atoms with Gasteiger partial charge in [0.05, 0.1) is 0 Å². The van der Waals surface area contributed by atoms with Crippen molar-refractivity contribution in [3.05, 3.63) is 0 Å². The van der Waals surface area contributed by atoms with Crippen LogP contribution in [-0.4, -0.2) is 17.5 Å². The van der Waals surface area contributed by atoms with Crippen molar-refractivity contribution in [2.45, 2.75) is 31.7 Å². The van der Waals surface area contributed by atoms with Crippen LogP contribution < -0.4 is 5.73 Å². The first-order chi connectivity index (χ1) is 4.83. The number of hydrogen-bond donors (Lipinski definition) is 1. The van der Waals surface area contributed by atoms with Crippen LogP contribution in [0.1, 0.15) is 25.7 Å². The highest BCUT2D eigenvalue weighted by molar-refractivity contribution is 7.99. The van der Waals surface area contributed by atoms with Gasteiger partial charge in [-0.2, -0.15) is 11.8 Å². The molecule has 2 fully saturated rings. The van der Waals surface area contributed by atoms with Gasteiger partial charge in [0.25, 0.3) is 0 Å². The van der Waals surface area contributed by atoms with Crippen molar-refractivity contribution in [3.8, 4) is 0 Å². The minimum absolute atomic E-state index is 0.549. The SMILES string of the molecule is NC1CCC12CCSCC2. The maximum Gasteiger partial charge on any atom is 0.00963 e. The van der Waals surface area contributed by atoms with Crippen LogP contribution in [0.25, 0.3) is 0 Å². The lowest BCUT2D eigenvalue weighted by Crippen LogP contribution is -2.52. The Kier molecular flexibility index (Phi) is 1.69. The van der Waals surface area contributed by atoms with Crippen LogP contribution in [0, 0.1) is 5.41 Å². The molecule has 58 valence electrons. The van der Waals surface area contributed by atoms with E-state index >= 15 is 0 Å². The van der Waals surface area contributed by atoms with Gasteiger partial charge in [0.2, 0.25) is 0 Å². The third-order valence-corrected chi connectivity index (χ3v) is 4.21. The van der Waals surface area contributed by atoms with E-state index in [0.29, 0.717) is 11.5 Å². The molecule has 0 aromatic carbocycles. The molecule has 0 amide bonds. The molecule has 1 heterocycles. The normalized spacial score (nSPS) is 37.5. The van der Waals surface area contributed by atoms with Crippen molar-refractivity contribution in [2.24, 2.45) is 11.1 Å². The monoisotopic (exact) mass is 157 g/mol. The minimum atomic E-state index is 0.549. The first-order valence-corrected chi connectivity index (χ1v) is 5.32. The standard InChI is InChI=1S/C8H15NS/c9-7-1-2-8(7)3-5-10-6-4-8/h7H,1-6,9H2. The highest BCUT2D eigenvalue weighted by atomic mass is 32.2. The molecule has 1 unspecified atom stereocenters. The van der Waals surface area contributed by atoms with Gasteiger partial charge in [-0.15, -0.1) is 0 Å². The maximum atomic E-state index is 5.98. The summed E-state index contributed by atoms with van der Waals surface area (Å²) in [4.78, 5) is 0. The molecule has 0 bridgehead atoms. The van der Waals surface area contributed by atoms with Crippen LogP contribution in [0.2, 0.25) is 0 Å². The van der Waals surface area contributed by atoms with Gasteiger partial charge in [-0.3, -0.25) is 0 Å². The van der Waals surface area contributed by atoms with Crippen LogP contribution in [0.5, 0.6) is 0 Å². The van der Waals surface area contributed by atoms with Crippen molar-refractivity contribution < 1.29 is 0 Å². The highest BCUT2D eigenvalue weighted by Crippen LogP contribution is 2.49. The number of thioether (sulfide) groups is 1. The molecule has 1 spiro atoms. The van der Waals surface area contributed by atoms with Gasteiger partial charge in [0, 0.05) is 6.04 Å². The highest BCUT2D eigenvalue weighted by Gasteiger charge is 2.44. The summed E-state index contributed by atoms with van der Waals surface area (Å²) in [5.41, 5.74) is 6.60. The molecule has 2 N–H and O–H groups in total. The molecule has 0 radical (unpaired) electrons. The van der Waals surface area contributed by atoms with Gasteiger partial charge in [-0.1, -0.05) is 0 Å². The molecule has 0 aromatic heterocycles. The Balaban J connectivity index is 1.99. The average Bonchev–Trinajstić information content (AvgIpc) is 2.04. The van der Waals surface area contributed by atoms with Gasteiger partial charge in [-0.25, -0.2) is 0 Å². The van der Waals surface area contributed by atoms with E-state index in [4.69, 9.17) is 5.73 Å². The molecule has 0 aromatic rings. The van der Waals surface area contributed by atoms with Crippen LogP contribution in [0.15, 0.2) is 0 Å². The first kappa shape index (κ1) is 6.99. The molecule has 1 saturated heterocycles. The Morgan fingerprint density at radius 3 is 2.20 bits per heavy atom. The summed E-state index contributed by atoms with van der Waals surface area (Å²) in [6.45, 7) is 0. The van der Waals surface area contributed by atoms with E-state index in [9.17, 15) is 0 Å². The molecular formula is C8H15NS. The molecule has 2 aliphatic rings. The van der Waals surface area contributed by atoms with E-state index in [1.54, 1.807) is 0 Å². The summed E-state index contributed by atoms with van der Waals surface area (Å²) in [7, 11) is 0. The largest absolute Gasteiger partial charge is 0.327 e. The summed E-state index contributed by atoms with van der Waals surface area (Å²) in [5, 5.41) is 0. The summed E-state index contributed by atoms with van der Waals surface area (Å²) < 4.78 is 0. The van der Waals surface area contributed by atoms with Gasteiger partial charge in [-0.05, 0) is 42.6 Å². The smallest absolute Gasteiger partial charge is 0.00963 e. The van der Waals surface area contributed by atoms with E-state index in [-0.39, 0.29) is 0 Å². The molecule has 1 atom stereocenters. The van der Waals surface area contributed by atoms with Gasteiger partial charge in [0.1, 0.15) is 0 Å². The second kappa shape index (κ2) is 2.42. The fourth-order valence-electron chi connectivity index (χ4n) is 2.12. The fraction of sp³-hybridized carbons (Fsp3) is 1.00. The van der Waals surface area contributed by atoms with Crippen LogP contribution in [-0.2, 0) is 0 Å².